The highest BCUT2D eigenvalue weighted by Crippen LogP contribution is 2.17. The molecule has 6 nitrogen and oxygen atoms in total. The molecule has 0 fully saturated rings. The van der Waals surface area contributed by atoms with E-state index in [4.69, 9.17) is 4.18 Å². The Labute approximate surface area is 112 Å². The van der Waals surface area contributed by atoms with Gasteiger partial charge in [0.05, 0.1) is 16.4 Å². The molecule has 0 radical (unpaired) electrons. The summed E-state index contributed by atoms with van der Waals surface area (Å²) in [6.07, 6.45) is 3.98. The van der Waals surface area contributed by atoms with Gasteiger partial charge in [-0.1, -0.05) is 6.08 Å². The first kappa shape index (κ1) is 15.3. The van der Waals surface area contributed by atoms with Crippen molar-refractivity contribution in [2.75, 3.05) is 6.61 Å². The van der Waals surface area contributed by atoms with Gasteiger partial charge in [0.1, 0.15) is 0 Å². The Morgan fingerprint density at radius 3 is 2.42 bits per heavy atom. The van der Waals surface area contributed by atoms with Crippen LogP contribution in [0.5, 0.6) is 0 Å². The van der Waals surface area contributed by atoms with Crippen LogP contribution in [0.25, 0.3) is 0 Å². The number of hydrogen-bond acceptors (Lipinski definition) is 5. The van der Waals surface area contributed by atoms with Crippen LogP contribution in [0, 0.1) is 10.1 Å². The molecule has 7 heteroatoms. The van der Waals surface area contributed by atoms with Crippen molar-refractivity contribution in [2.45, 2.75) is 24.2 Å². The van der Waals surface area contributed by atoms with Gasteiger partial charge in [-0.15, -0.1) is 6.58 Å². The van der Waals surface area contributed by atoms with E-state index in [0.29, 0.717) is 6.42 Å². The van der Waals surface area contributed by atoms with E-state index in [0.717, 1.165) is 37.1 Å². The fourth-order valence-corrected chi connectivity index (χ4v) is 2.30. The molecule has 0 N–H and O–H groups in total. The molecule has 0 aliphatic carbocycles. The number of nitrogens with zero attached hydrogens (tertiary/aromatic N) is 1. The van der Waals surface area contributed by atoms with E-state index >= 15 is 0 Å². The SMILES string of the molecule is C=CCCCCOS(=O)(=O)c1ccc([N+](=O)[O-])cc1. The van der Waals surface area contributed by atoms with Gasteiger partial charge in [-0.05, 0) is 31.4 Å². The molecule has 0 heterocycles. The van der Waals surface area contributed by atoms with Gasteiger partial charge in [-0.3, -0.25) is 14.3 Å². The number of benzene rings is 1. The Balaban J connectivity index is 2.61. The summed E-state index contributed by atoms with van der Waals surface area (Å²) in [6, 6.07) is 4.59. The van der Waals surface area contributed by atoms with E-state index in [1.165, 1.54) is 0 Å². The van der Waals surface area contributed by atoms with Crippen LogP contribution >= 0.6 is 0 Å². The lowest BCUT2D eigenvalue weighted by molar-refractivity contribution is -0.384. The zero-order valence-electron chi connectivity index (χ0n) is 10.3. The normalized spacial score (nSPS) is 11.2. The fourth-order valence-electron chi connectivity index (χ4n) is 1.36. The third-order valence-electron chi connectivity index (χ3n) is 2.38. The second-order valence-electron chi connectivity index (χ2n) is 3.81. The molecule has 0 saturated carbocycles. The topological polar surface area (TPSA) is 86.5 Å². The van der Waals surface area contributed by atoms with Crippen molar-refractivity contribution in [2.24, 2.45) is 0 Å². The van der Waals surface area contributed by atoms with Crippen molar-refractivity contribution in [3.8, 4) is 0 Å². The molecular weight excluding hydrogens is 270 g/mol. The Kier molecular flexibility index (Phi) is 5.65. The summed E-state index contributed by atoms with van der Waals surface area (Å²) in [5, 5.41) is 10.5. The third-order valence-corrected chi connectivity index (χ3v) is 3.70. The molecule has 0 bridgehead atoms. The van der Waals surface area contributed by atoms with Crippen LogP contribution in [-0.2, 0) is 14.3 Å². The van der Waals surface area contributed by atoms with Crippen LogP contribution in [0.4, 0.5) is 5.69 Å². The maximum absolute atomic E-state index is 11.7. The zero-order valence-corrected chi connectivity index (χ0v) is 11.1. The number of rotatable bonds is 8. The van der Waals surface area contributed by atoms with E-state index in [9.17, 15) is 18.5 Å². The van der Waals surface area contributed by atoms with Crippen LogP contribution in [0.15, 0.2) is 41.8 Å². The fraction of sp³-hybridized carbons (Fsp3) is 0.333. The highest BCUT2D eigenvalue weighted by atomic mass is 32.2. The first-order valence-corrected chi connectivity index (χ1v) is 7.13. The maximum Gasteiger partial charge on any atom is 0.296 e. The number of hydrogen-bond donors (Lipinski definition) is 0. The molecule has 0 amide bonds. The molecule has 19 heavy (non-hydrogen) atoms. The van der Waals surface area contributed by atoms with Crippen LogP contribution in [0.2, 0.25) is 0 Å². The molecular formula is C12H15NO5S. The number of non-ortho nitro benzene ring substituents is 1. The molecule has 0 atom stereocenters. The molecule has 0 saturated heterocycles. The number of nitro groups is 1. The van der Waals surface area contributed by atoms with Gasteiger partial charge in [0.15, 0.2) is 0 Å². The molecule has 1 rings (SSSR count). The van der Waals surface area contributed by atoms with E-state index in [1.54, 1.807) is 6.08 Å². The van der Waals surface area contributed by atoms with Gasteiger partial charge in [-0.25, -0.2) is 0 Å². The predicted octanol–water partition coefficient (Wildman–Crippen LogP) is 2.66. The summed E-state index contributed by atoms with van der Waals surface area (Å²) >= 11 is 0. The Morgan fingerprint density at radius 1 is 1.26 bits per heavy atom. The van der Waals surface area contributed by atoms with Crippen molar-refractivity contribution in [3.05, 3.63) is 47.0 Å². The Morgan fingerprint density at radius 2 is 1.89 bits per heavy atom. The lowest BCUT2D eigenvalue weighted by Gasteiger charge is -2.04. The van der Waals surface area contributed by atoms with Crippen LogP contribution in [0.3, 0.4) is 0 Å². The predicted molar refractivity (Wildman–Crippen MR) is 70.3 cm³/mol. The highest BCUT2D eigenvalue weighted by Gasteiger charge is 2.16. The number of unbranched alkanes of at least 4 members (excludes halogenated alkanes) is 2. The molecule has 0 unspecified atom stereocenters. The summed E-state index contributed by atoms with van der Waals surface area (Å²) in [5.41, 5.74) is -0.162. The van der Waals surface area contributed by atoms with Crippen molar-refractivity contribution in [1.29, 1.82) is 0 Å². The monoisotopic (exact) mass is 285 g/mol. The lowest BCUT2D eigenvalue weighted by Crippen LogP contribution is -2.07. The summed E-state index contributed by atoms with van der Waals surface area (Å²) in [5.74, 6) is 0. The van der Waals surface area contributed by atoms with E-state index in [1.807, 2.05) is 0 Å². The van der Waals surface area contributed by atoms with Crippen LogP contribution in [-0.4, -0.2) is 19.9 Å². The molecule has 0 aliphatic rings. The smallest absolute Gasteiger partial charge is 0.266 e. The average Bonchev–Trinajstić information content (AvgIpc) is 2.38. The van der Waals surface area contributed by atoms with Crippen molar-refractivity contribution >= 4 is 15.8 Å². The molecule has 0 spiro atoms. The summed E-state index contributed by atoms with van der Waals surface area (Å²) in [4.78, 5) is 9.78. The van der Waals surface area contributed by atoms with Gasteiger partial charge < -0.3 is 0 Å². The zero-order chi connectivity index (χ0) is 14.3. The second kappa shape index (κ2) is 7.01. The summed E-state index contributed by atoms with van der Waals surface area (Å²) in [6.45, 7) is 3.65. The molecule has 1 aromatic rings. The Hall–Kier alpha value is -1.73. The minimum absolute atomic E-state index is 0.0816. The van der Waals surface area contributed by atoms with Gasteiger partial charge >= 0.3 is 0 Å². The minimum Gasteiger partial charge on any atom is -0.266 e. The first-order valence-electron chi connectivity index (χ1n) is 5.72. The van der Waals surface area contributed by atoms with Crippen molar-refractivity contribution < 1.29 is 17.5 Å². The number of nitro benzene ring substituents is 1. The maximum atomic E-state index is 11.7. The highest BCUT2D eigenvalue weighted by molar-refractivity contribution is 7.86. The van der Waals surface area contributed by atoms with E-state index < -0.39 is 15.0 Å². The van der Waals surface area contributed by atoms with Gasteiger partial charge in [0.2, 0.25) is 0 Å². The second-order valence-corrected chi connectivity index (χ2v) is 5.43. The molecule has 0 aliphatic heterocycles. The van der Waals surface area contributed by atoms with Gasteiger partial charge in [-0.2, -0.15) is 8.42 Å². The van der Waals surface area contributed by atoms with Crippen LogP contribution < -0.4 is 0 Å². The third kappa shape index (κ3) is 4.80. The molecule has 0 aromatic heterocycles. The minimum atomic E-state index is -3.84. The van der Waals surface area contributed by atoms with E-state index in [2.05, 4.69) is 6.58 Å². The lowest BCUT2D eigenvalue weighted by atomic mass is 10.2. The quantitative estimate of drug-likeness (QED) is 0.241. The summed E-state index contributed by atoms with van der Waals surface area (Å²) in [7, 11) is -3.84. The van der Waals surface area contributed by atoms with Gasteiger partial charge in [0, 0.05) is 12.1 Å². The average molecular weight is 285 g/mol. The van der Waals surface area contributed by atoms with E-state index in [-0.39, 0.29) is 17.2 Å². The molecule has 1 aromatic carbocycles. The summed E-state index contributed by atoms with van der Waals surface area (Å²) < 4.78 is 28.3. The van der Waals surface area contributed by atoms with Crippen molar-refractivity contribution in [3.63, 3.8) is 0 Å². The first-order chi connectivity index (χ1) is 8.97. The molecule has 104 valence electrons. The largest absolute Gasteiger partial charge is 0.296 e. The van der Waals surface area contributed by atoms with Crippen LogP contribution in [0.1, 0.15) is 19.3 Å². The van der Waals surface area contributed by atoms with Crippen molar-refractivity contribution in [1.82, 2.24) is 0 Å². The Bertz CT molecular complexity index is 536. The number of allylic oxidation sites excluding steroid dienone is 1. The standard InChI is InChI=1S/C12H15NO5S/c1-2-3-4-5-10-18-19(16,17)12-8-6-11(7-9-12)13(14)15/h2,6-9H,1,3-5,10H2. The van der Waals surface area contributed by atoms with Gasteiger partial charge in [0.25, 0.3) is 15.8 Å².